The fraction of sp³-hybridized carbons (Fsp3) is 0.0323. The summed E-state index contributed by atoms with van der Waals surface area (Å²) < 4.78 is 5.77. The second-order valence-electron chi connectivity index (χ2n) is 10.2. The van der Waals surface area contributed by atoms with Gasteiger partial charge >= 0.3 is 0 Å². The third-order valence-electron chi connectivity index (χ3n) is 8.52. The summed E-state index contributed by atoms with van der Waals surface area (Å²) >= 11 is 0. The average molecular weight is 470 g/mol. The number of ether oxygens (including phenoxy) is 1. The molecule has 172 valence electrons. The van der Waals surface area contributed by atoms with Gasteiger partial charge in [-0.1, -0.05) is 83.7 Å². The summed E-state index contributed by atoms with van der Waals surface area (Å²) in [5, 5.41) is 7.54. The summed E-state index contributed by atoms with van der Waals surface area (Å²) in [4.78, 5) is 0. The highest BCUT2D eigenvalue weighted by atomic mass is 16.5. The molecule has 6 aromatic rings. The number of hydrogen-bond acceptors (Lipinski definition) is 1. The van der Waals surface area contributed by atoms with Crippen LogP contribution >= 0.6 is 0 Å². The van der Waals surface area contributed by atoms with Crippen LogP contribution in [0.2, 0.25) is 0 Å². The molecule has 0 atom stereocenters. The van der Waals surface area contributed by atoms with Gasteiger partial charge in [0.15, 0.2) is 0 Å². The Morgan fingerprint density at radius 2 is 0.892 bits per heavy atom. The first kappa shape index (κ1) is 23.6. The van der Waals surface area contributed by atoms with Crippen LogP contribution in [0.4, 0.5) is 0 Å². The van der Waals surface area contributed by atoms with Gasteiger partial charge in [0.2, 0.25) is 0 Å². The van der Waals surface area contributed by atoms with Crippen molar-refractivity contribution in [3.63, 3.8) is 0 Å². The lowest BCUT2D eigenvalue weighted by atomic mass is 9.59. The lowest BCUT2D eigenvalue weighted by molar-refractivity contribution is 0.415. The Morgan fingerprint density at radius 3 is 1.41 bits per heavy atom. The molecule has 0 aliphatic rings. The number of hydrogen-bond donors (Lipinski definition) is 0. The van der Waals surface area contributed by atoms with Gasteiger partial charge in [-0.2, -0.15) is 0 Å². The largest absolute Gasteiger partial charge is 0.497 e. The Morgan fingerprint density at radius 1 is 0.459 bits per heavy atom. The monoisotopic (exact) mass is 470 g/mol. The molecule has 0 aliphatic carbocycles. The van der Waals surface area contributed by atoms with Crippen LogP contribution in [0.5, 0.6) is 5.75 Å². The summed E-state index contributed by atoms with van der Waals surface area (Å²) in [6.45, 7) is 0. The zero-order chi connectivity index (χ0) is 25.8. The highest BCUT2D eigenvalue weighted by molar-refractivity contribution is 6.69. The molecule has 6 heteroatoms. The van der Waals surface area contributed by atoms with Crippen LogP contribution in [0, 0.1) is 0 Å². The van der Waals surface area contributed by atoms with Crippen LogP contribution in [-0.4, -0.2) is 46.3 Å². The fourth-order valence-electron chi connectivity index (χ4n) is 6.17. The highest BCUT2D eigenvalue weighted by Crippen LogP contribution is 2.45. The topological polar surface area (TPSA) is 9.23 Å². The Hall–Kier alpha value is -3.78. The van der Waals surface area contributed by atoms with Crippen molar-refractivity contribution in [2.45, 2.75) is 0 Å². The molecule has 0 fully saturated rings. The van der Waals surface area contributed by atoms with Gasteiger partial charge in [-0.3, -0.25) is 0 Å². The van der Waals surface area contributed by atoms with Gasteiger partial charge in [0.25, 0.3) is 0 Å². The Kier molecular flexibility index (Phi) is 5.72. The van der Waals surface area contributed by atoms with E-state index in [0.29, 0.717) is 0 Å². The second kappa shape index (κ2) is 8.96. The lowest BCUT2D eigenvalue weighted by Crippen LogP contribution is -2.55. The van der Waals surface area contributed by atoms with Crippen molar-refractivity contribution in [3.8, 4) is 28.0 Å². The van der Waals surface area contributed by atoms with Gasteiger partial charge in [-0.25, -0.2) is 0 Å². The minimum Gasteiger partial charge on any atom is -0.497 e. The zero-order valence-electron chi connectivity index (χ0n) is 22.5. The maximum absolute atomic E-state index is 5.77. The van der Waals surface area contributed by atoms with E-state index in [1.165, 1.54) is 81.9 Å². The second-order valence-corrected chi connectivity index (χ2v) is 10.2. The van der Waals surface area contributed by atoms with Crippen molar-refractivity contribution in [1.82, 2.24) is 0 Å². The number of methoxy groups -OCH3 is 1. The van der Waals surface area contributed by atoms with Gasteiger partial charge in [-0.15, -0.1) is 16.4 Å². The SMILES string of the molecule is Bc1c(B)c(B)c(-c2c3ccccc3c(-c3cc(OC)cc4ccccc34)c3ccccc23)c(B)c1B. The van der Waals surface area contributed by atoms with Crippen LogP contribution in [-0.2, 0) is 0 Å². The van der Waals surface area contributed by atoms with Crippen LogP contribution in [0.1, 0.15) is 0 Å². The third-order valence-corrected chi connectivity index (χ3v) is 8.52. The molecular weight excluding hydrogens is 442 g/mol. The van der Waals surface area contributed by atoms with E-state index in [4.69, 9.17) is 4.74 Å². The van der Waals surface area contributed by atoms with Crippen molar-refractivity contribution in [1.29, 1.82) is 0 Å². The molecule has 37 heavy (non-hydrogen) atoms. The van der Waals surface area contributed by atoms with E-state index < -0.39 is 0 Å². The maximum Gasteiger partial charge on any atom is 0.139 e. The normalized spacial score (nSPS) is 11.4. The van der Waals surface area contributed by atoms with Crippen molar-refractivity contribution < 1.29 is 4.74 Å². The van der Waals surface area contributed by atoms with E-state index in [1.807, 2.05) is 0 Å². The summed E-state index contributed by atoms with van der Waals surface area (Å²) in [6.07, 6.45) is 0. The van der Waals surface area contributed by atoms with Crippen molar-refractivity contribution in [2.24, 2.45) is 0 Å². The minimum absolute atomic E-state index is 0.877. The molecule has 6 aromatic carbocycles. The van der Waals surface area contributed by atoms with Gasteiger partial charge in [-0.05, 0) is 66.7 Å². The van der Waals surface area contributed by atoms with Crippen molar-refractivity contribution >= 4 is 98.9 Å². The highest BCUT2D eigenvalue weighted by Gasteiger charge is 2.21. The van der Waals surface area contributed by atoms with Crippen LogP contribution in [0.25, 0.3) is 54.6 Å². The average Bonchev–Trinajstić information content (AvgIpc) is 2.94. The summed E-state index contributed by atoms with van der Waals surface area (Å²) in [7, 11) is 13.1. The standard InChI is InChI=1S/C31H27B5O/c1-37-17-14-16-8-2-3-9-18(16)23(15-17)24-19-10-4-6-12-21(19)25(22-13-7-5-11-20(22)24)26-27(32)29(34)31(36)30(35)28(26)33/h2-15H,32-36H2,1H3. The lowest BCUT2D eigenvalue weighted by Gasteiger charge is -2.24. The van der Waals surface area contributed by atoms with Gasteiger partial charge in [0.1, 0.15) is 45.0 Å². The Bertz CT molecular complexity index is 1790. The van der Waals surface area contributed by atoms with Crippen molar-refractivity contribution in [3.05, 3.63) is 84.9 Å². The first-order chi connectivity index (χ1) is 17.9. The van der Waals surface area contributed by atoms with Crippen LogP contribution in [0.15, 0.2) is 84.9 Å². The van der Waals surface area contributed by atoms with Crippen LogP contribution in [0.3, 0.4) is 0 Å². The molecular formula is C31H27B5O. The quantitative estimate of drug-likeness (QED) is 0.257. The summed E-state index contributed by atoms with van der Waals surface area (Å²) in [6, 6.07) is 30.8. The number of fused-ring (bicyclic) bond motifs is 3. The Balaban J connectivity index is 1.86. The maximum atomic E-state index is 5.77. The molecule has 0 aliphatic heterocycles. The van der Waals surface area contributed by atoms with E-state index in [1.54, 1.807) is 7.11 Å². The van der Waals surface area contributed by atoms with Gasteiger partial charge < -0.3 is 4.74 Å². The molecule has 0 spiro atoms. The molecule has 0 bridgehead atoms. The fourth-order valence-corrected chi connectivity index (χ4v) is 6.17. The summed E-state index contributed by atoms with van der Waals surface area (Å²) in [5.74, 6) is 0.877. The van der Waals surface area contributed by atoms with E-state index in [9.17, 15) is 0 Å². The smallest absolute Gasteiger partial charge is 0.139 e. The minimum atomic E-state index is 0.877. The van der Waals surface area contributed by atoms with E-state index in [0.717, 1.165) is 5.75 Å². The molecule has 0 radical (unpaired) electrons. The van der Waals surface area contributed by atoms with E-state index in [2.05, 4.69) is 124 Å². The summed E-state index contributed by atoms with van der Waals surface area (Å²) in [5.41, 5.74) is 12.1. The van der Waals surface area contributed by atoms with E-state index >= 15 is 0 Å². The number of rotatable bonds is 3. The molecule has 6 rings (SSSR count). The van der Waals surface area contributed by atoms with Gasteiger partial charge in [0, 0.05) is 0 Å². The molecule has 0 saturated carbocycles. The first-order valence-corrected chi connectivity index (χ1v) is 13.0. The molecule has 0 heterocycles. The predicted octanol–water partition coefficient (Wildman–Crippen LogP) is -0.219. The molecule has 0 amide bonds. The van der Waals surface area contributed by atoms with Gasteiger partial charge in [0.05, 0.1) is 7.11 Å². The van der Waals surface area contributed by atoms with Crippen molar-refractivity contribution in [2.75, 3.05) is 7.11 Å². The number of benzene rings is 6. The molecule has 0 unspecified atom stereocenters. The molecule has 0 saturated heterocycles. The van der Waals surface area contributed by atoms with Crippen LogP contribution < -0.4 is 32.1 Å². The molecule has 0 N–H and O–H groups in total. The molecule has 0 aromatic heterocycles. The zero-order valence-corrected chi connectivity index (χ0v) is 22.5. The first-order valence-electron chi connectivity index (χ1n) is 13.0. The van der Waals surface area contributed by atoms with E-state index in [-0.39, 0.29) is 0 Å². The molecule has 1 nitrogen and oxygen atoms in total. The third kappa shape index (κ3) is 3.54. The Labute approximate surface area is 223 Å². The predicted molar refractivity (Wildman–Crippen MR) is 177 cm³/mol.